The van der Waals surface area contributed by atoms with E-state index in [0.29, 0.717) is 25.3 Å². The summed E-state index contributed by atoms with van der Waals surface area (Å²) in [6, 6.07) is 2.58. The Morgan fingerprint density at radius 3 is 2.76 bits per heavy atom. The highest BCUT2D eigenvalue weighted by Gasteiger charge is 2.37. The number of methoxy groups -OCH3 is 1. The van der Waals surface area contributed by atoms with E-state index in [2.05, 4.69) is 20.3 Å². The van der Waals surface area contributed by atoms with Crippen LogP contribution in [0.25, 0.3) is 0 Å². The fraction of sp³-hybridized carbons (Fsp3) is 0.500. The number of anilines is 2. The SMILES string of the molecule is COC1CC(COc2cccnc2C(F)(F)F)CN(c2cnc(C=N)c(NCC(F)F)n2)C1. The van der Waals surface area contributed by atoms with Crippen LogP contribution in [0.5, 0.6) is 5.75 Å². The monoisotopic (exact) mass is 474 g/mol. The first-order chi connectivity index (χ1) is 15.7. The van der Waals surface area contributed by atoms with Gasteiger partial charge >= 0.3 is 6.18 Å². The van der Waals surface area contributed by atoms with E-state index in [0.717, 1.165) is 12.4 Å². The zero-order chi connectivity index (χ0) is 24.0. The summed E-state index contributed by atoms with van der Waals surface area (Å²) < 4.78 is 75.7. The lowest BCUT2D eigenvalue weighted by Gasteiger charge is -2.37. The molecule has 1 fully saturated rings. The van der Waals surface area contributed by atoms with E-state index in [1.165, 1.54) is 25.4 Å². The number of nitrogens with zero attached hydrogens (tertiary/aromatic N) is 4. The van der Waals surface area contributed by atoms with Crippen molar-refractivity contribution in [2.24, 2.45) is 5.92 Å². The molecule has 1 saturated heterocycles. The zero-order valence-electron chi connectivity index (χ0n) is 17.6. The van der Waals surface area contributed by atoms with Crippen LogP contribution in [0.1, 0.15) is 17.8 Å². The van der Waals surface area contributed by atoms with Crippen molar-refractivity contribution in [1.82, 2.24) is 15.0 Å². The highest BCUT2D eigenvalue weighted by Crippen LogP contribution is 2.34. The minimum absolute atomic E-state index is 0.0202. The summed E-state index contributed by atoms with van der Waals surface area (Å²) in [5, 5.41) is 9.86. The van der Waals surface area contributed by atoms with Gasteiger partial charge in [-0.3, -0.25) is 0 Å². The largest absolute Gasteiger partial charge is 0.491 e. The van der Waals surface area contributed by atoms with Crippen LogP contribution in [0.15, 0.2) is 24.5 Å². The fourth-order valence-electron chi connectivity index (χ4n) is 3.51. The van der Waals surface area contributed by atoms with Crippen LogP contribution in [-0.2, 0) is 10.9 Å². The number of hydrogen-bond acceptors (Lipinski definition) is 8. The second-order valence-electron chi connectivity index (χ2n) is 7.40. The minimum atomic E-state index is -4.64. The molecular formula is C20H23F5N6O2. The molecule has 0 saturated carbocycles. The number of piperidine rings is 1. The maximum atomic E-state index is 13.2. The third-order valence-electron chi connectivity index (χ3n) is 5.02. The summed E-state index contributed by atoms with van der Waals surface area (Å²) in [6.07, 6.45) is -3.61. The maximum Gasteiger partial charge on any atom is 0.437 e. The highest BCUT2D eigenvalue weighted by molar-refractivity contribution is 5.81. The van der Waals surface area contributed by atoms with Gasteiger partial charge in [-0.25, -0.2) is 23.7 Å². The first kappa shape index (κ1) is 24.6. The zero-order valence-corrected chi connectivity index (χ0v) is 17.6. The second kappa shape index (κ2) is 10.7. The molecular weight excluding hydrogens is 451 g/mol. The van der Waals surface area contributed by atoms with Gasteiger partial charge in [0, 0.05) is 38.5 Å². The van der Waals surface area contributed by atoms with E-state index in [1.807, 2.05) is 0 Å². The van der Waals surface area contributed by atoms with E-state index in [9.17, 15) is 22.0 Å². The van der Waals surface area contributed by atoms with Crippen molar-refractivity contribution in [2.75, 3.05) is 43.6 Å². The summed E-state index contributed by atoms with van der Waals surface area (Å²) in [4.78, 5) is 13.6. The van der Waals surface area contributed by atoms with Crippen molar-refractivity contribution in [3.63, 3.8) is 0 Å². The normalized spacial score (nSPS) is 18.9. The third kappa shape index (κ3) is 6.46. The number of rotatable bonds is 9. The molecule has 0 aromatic carbocycles. The van der Waals surface area contributed by atoms with Crippen molar-refractivity contribution in [3.05, 3.63) is 35.9 Å². The predicted molar refractivity (Wildman–Crippen MR) is 110 cm³/mol. The first-order valence-corrected chi connectivity index (χ1v) is 10.0. The number of hydrogen-bond donors (Lipinski definition) is 2. The summed E-state index contributed by atoms with van der Waals surface area (Å²) in [6.45, 7) is 0.116. The fourth-order valence-corrected chi connectivity index (χ4v) is 3.51. The number of nitrogens with one attached hydrogen (secondary N) is 2. The van der Waals surface area contributed by atoms with Crippen LogP contribution in [-0.4, -0.2) is 67.0 Å². The smallest absolute Gasteiger partial charge is 0.437 e. The molecule has 2 N–H and O–H groups in total. The molecule has 33 heavy (non-hydrogen) atoms. The molecule has 3 heterocycles. The number of ether oxygens (including phenoxy) is 2. The molecule has 0 radical (unpaired) electrons. The molecule has 2 aromatic heterocycles. The van der Waals surface area contributed by atoms with E-state index < -0.39 is 24.8 Å². The highest BCUT2D eigenvalue weighted by atomic mass is 19.4. The Kier molecular flexibility index (Phi) is 7.95. The molecule has 13 heteroatoms. The molecule has 8 nitrogen and oxygen atoms in total. The number of aromatic nitrogens is 3. The predicted octanol–water partition coefficient (Wildman–Crippen LogP) is 3.49. The Morgan fingerprint density at radius 1 is 1.30 bits per heavy atom. The number of pyridine rings is 1. The van der Waals surface area contributed by atoms with Crippen molar-refractivity contribution in [1.29, 1.82) is 5.41 Å². The van der Waals surface area contributed by atoms with E-state index in [1.54, 1.807) is 4.90 Å². The van der Waals surface area contributed by atoms with Gasteiger partial charge in [-0.15, -0.1) is 0 Å². The first-order valence-electron chi connectivity index (χ1n) is 10.0. The van der Waals surface area contributed by atoms with E-state index in [4.69, 9.17) is 14.9 Å². The minimum Gasteiger partial charge on any atom is -0.491 e. The van der Waals surface area contributed by atoms with Crippen molar-refractivity contribution >= 4 is 17.9 Å². The van der Waals surface area contributed by atoms with Gasteiger partial charge in [0.05, 0.1) is 25.5 Å². The van der Waals surface area contributed by atoms with Crippen LogP contribution in [0.4, 0.5) is 33.6 Å². The average molecular weight is 474 g/mol. The molecule has 2 unspecified atom stereocenters. The Morgan fingerprint density at radius 2 is 2.09 bits per heavy atom. The lowest BCUT2D eigenvalue weighted by molar-refractivity contribution is -0.142. The van der Waals surface area contributed by atoms with Gasteiger partial charge in [0.2, 0.25) is 0 Å². The standard InChI is InChI=1S/C20H23F5N6O2/c1-32-13-5-12(11-33-15-3-2-4-27-18(15)20(23,24)25)9-31(10-13)17-8-28-14(6-26)19(30-17)29-7-16(21)22/h2-4,6,8,12-13,16,26H,5,7,9-11H2,1H3,(H,29,30). The molecule has 1 aliphatic rings. The third-order valence-corrected chi connectivity index (χ3v) is 5.02. The van der Waals surface area contributed by atoms with Gasteiger partial charge in [0.1, 0.15) is 17.3 Å². The van der Waals surface area contributed by atoms with Gasteiger partial charge in [-0.05, 0) is 18.6 Å². The van der Waals surface area contributed by atoms with Crippen molar-refractivity contribution in [2.45, 2.75) is 25.1 Å². The van der Waals surface area contributed by atoms with Crippen LogP contribution in [0, 0.1) is 11.3 Å². The molecule has 180 valence electrons. The number of halogens is 5. The molecule has 0 amide bonds. The van der Waals surface area contributed by atoms with Gasteiger partial charge in [0.25, 0.3) is 6.43 Å². The Labute approximate surface area is 186 Å². The summed E-state index contributed by atoms with van der Waals surface area (Å²) in [5.74, 6) is -0.168. The van der Waals surface area contributed by atoms with Gasteiger partial charge in [-0.2, -0.15) is 13.2 Å². The summed E-state index contributed by atoms with van der Waals surface area (Å²) >= 11 is 0. The van der Waals surface area contributed by atoms with Gasteiger partial charge < -0.3 is 25.1 Å². The second-order valence-corrected chi connectivity index (χ2v) is 7.40. The Bertz CT molecular complexity index is 945. The van der Waals surface area contributed by atoms with Crippen LogP contribution in [0.3, 0.4) is 0 Å². The lowest BCUT2D eigenvalue weighted by Crippen LogP contribution is -2.46. The topological polar surface area (TPSA) is 96.3 Å². The summed E-state index contributed by atoms with van der Waals surface area (Å²) in [5.41, 5.74) is -0.986. The molecule has 2 aromatic rings. The quantitative estimate of drug-likeness (QED) is 0.424. The maximum absolute atomic E-state index is 13.2. The lowest BCUT2D eigenvalue weighted by atomic mass is 9.96. The average Bonchev–Trinajstić information content (AvgIpc) is 2.80. The molecule has 0 spiro atoms. The molecule has 2 atom stereocenters. The van der Waals surface area contributed by atoms with E-state index in [-0.39, 0.29) is 35.9 Å². The van der Waals surface area contributed by atoms with Crippen molar-refractivity contribution < 1.29 is 31.4 Å². The number of alkyl halides is 5. The summed E-state index contributed by atoms with van der Waals surface area (Å²) in [7, 11) is 1.52. The van der Waals surface area contributed by atoms with Crippen LogP contribution >= 0.6 is 0 Å². The van der Waals surface area contributed by atoms with Gasteiger partial charge in [-0.1, -0.05) is 0 Å². The van der Waals surface area contributed by atoms with E-state index >= 15 is 0 Å². The van der Waals surface area contributed by atoms with Gasteiger partial charge in [0.15, 0.2) is 11.5 Å². The van der Waals surface area contributed by atoms with Crippen LogP contribution in [0.2, 0.25) is 0 Å². The van der Waals surface area contributed by atoms with Crippen molar-refractivity contribution in [3.8, 4) is 5.75 Å². The Hall–Kier alpha value is -3.09. The molecule has 0 aliphatic carbocycles. The van der Waals surface area contributed by atoms with Crippen LogP contribution < -0.4 is 15.0 Å². The molecule has 0 bridgehead atoms. The Balaban J connectivity index is 1.75. The molecule has 1 aliphatic heterocycles. The molecule has 3 rings (SSSR count).